The zero-order chi connectivity index (χ0) is 11.1. The molecule has 0 saturated carbocycles. The summed E-state index contributed by atoms with van der Waals surface area (Å²) >= 11 is 5.53. The second-order valence-electron chi connectivity index (χ2n) is 3.27. The lowest BCUT2D eigenvalue weighted by Crippen LogP contribution is -2.24. The number of carbonyl (C=O) groups excluding carboxylic acids is 1. The quantitative estimate of drug-likeness (QED) is 0.602. The van der Waals surface area contributed by atoms with Crippen LogP contribution in [0.15, 0.2) is 10.8 Å². The van der Waals surface area contributed by atoms with Crippen molar-refractivity contribution in [2.24, 2.45) is 0 Å². The van der Waals surface area contributed by atoms with Gasteiger partial charge in [-0.15, -0.1) is 11.6 Å². The normalized spacial score (nSPS) is 10.3. The Morgan fingerprint density at radius 2 is 2.33 bits per heavy atom. The van der Waals surface area contributed by atoms with Crippen LogP contribution in [-0.4, -0.2) is 23.3 Å². The predicted octanol–water partition coefficient (Wildman–Crippen LogP) is 2.12. The third-order valence-electron chi connectivity index (χ3n) is 2.05. The molecule has 15 heavy (non-hydrogen) atoms. The highest BCUT2D eigenvalue weighted by Crippen LogP contribution is 2.04. The minimum absolute atomic E-state index is 0.198. The summed E-state index contributed by atoms with van der Waals surface area (Å²) in [5, 5.41) is 2.77. The second-order valence-corrected chi connectivity index (χ2v) is 3.65. The number of alkyl halides is 1. The van der Waals surface area contributed by atoms with E-state index in [4.69, 9.17) is 16.0 Å². The number of aromatic nitrogens is 1. The zero-order valence-corrected chi connectivity index (χ0v) is 9.51. The fraction of sp³-hybridized carbons (Fsp3) is 0.600. The standard InChI is InChI=1S/C10H15ClN2O2/c1-8-9(15-7-13-8)10(14)12-6-4-2-3-5-11/h7H,2-6H2,1H3,(H,12,14). The highest BCUT2D eigenvalue weighted by Gasteiger charge is 2.12. The van der Waals surface area contributed by atoms with Gasteiger partial charge in [0.1, 0.15) is 0 Å². The average molecular weight is 231 g/mol. The Morgan fingerprint density at radius 1 is 1.53 bits per heavy atom. The molecular formula is C10H15ClN2O2. The molecule has 84 valence electrons. The molecule has 1 aromatic heterocycles. The van der Waals surface area contributed by atoms with Crippen molar-refractivity contribution in [2.75, 3.05) is 12.4 Å². The van der Waals surface area contributed by atoms with Crippen LogP contribution in [0.2, 0.25) is 0 Å². The molecule has 0 saturated heterocycles. The van der Waals surface area contributed by atoms with Gasteiger partial charge in [-0.3, -0.25) is 4.79 Å². The summed E-state index contributed by atoms with van der Waals surface area (Å²) in [7, 11) is 0. The van der Waals surface area contributed by atoms with Crippen LogP contribution in [0.4, 0.5) is 0 Å². The summed E-state index contributed by atoms with van der Waals surface area (Å²) in [6.45, 7) is 2.39. The maximum Gasteiger partial charge on any atom is 0.288 e. The van der Waals surface area contributed by atoms with E-state index in [2.05, 4.69) is 10.3 Å². The van der Waals surface area contributed by atoms with Gasteiger partial charge >= 0.3 is 0 Å². The Kier molecular flexibility index (Phi) is 5.18. The van der Waals surface area contributed by atoms with Crippen molar-refractivity contribution < 1.29 is 9.21 Å². The maximum atomic E-state index is 11.5. The molecule has 1 rings (SSSR count). The summed E-state index contributed by atoms with van der Waals surface area (Å²) in [6.07, 6.45) is 4.22. The van der Waals surface area contributed by atoms with Crippen LogP contribution in [0.3, 0.4) is 0 Å². The number of hydrogen-bond acceptors (Lipinski definition) is 3. The first-order valence-electron chi connectivity index (χ1n) is 5.00. The smallest absolute Gasteiger partial charge is 0.288 e. The number of carbonyl (C=O) groups is 1. The average Bonchev–Trinajstić information content (AvgIpc) is 2.64. The number of rotatable bonds is 6. The third-order valence-corrected chi connectivity index (χ3v) is 2.31. The molecule has 0 aromatic carbocycles. The molecule has 1 heterocycles. The van der Waals surface area contributed by atoms with Gasteiger partial charge in [-0.1, -0.05) is 6.42 Å². The molecule has 4 nitrogen and oxygen atoms in total. The number of amides is 1. The lowest BCUT2D eigenvalue weighted by atomic mass is 10.2. The van der Waals surface area contributed by atoms with E-state index in [1.54, 1.807) is 6.92 Å². The molecule has 0 fully saturated rings. The van der Waals surface area contributed by atoms with E-state index in [9.17, 15) is 4.79 Å². The van der Waals surface area contributed by atoms with Crippen molar-refractivity contribution in [2.45, 2.75) is 26.2 Å². The Morgan fingerprint density at radius 3 is 2.93 bits per heavy atom. The van der Waals surface area contributed by atoms with E-state index in [1.165, 1.54) is 6.39 Å². The minimum Gasteiger partial charge on any atom is -0.438 e. The first kappa shape index (κ1) is 12.0. The Bertz CT molecular complexity index is 312. The summed E-state index contributed by atoms with van der Waals surface area (Å²) in [5.74, 6) is 0.776. The monoisotopic (exact) mass is 230 g/mol. The maximum absolute atomic E-state index is 11.5. The molecule has 0 unspecified atom stereocenters. The molecule has 1 N–H and O–H groups in total. The van der Waals surface area contributed by atoms with Gasteiger partial charge in [-0.2, -0.15) is 0 Å². The topological polar surface area (TPSA) is 55.1 Å². The highest BCUT2D eigenvalue weighted by atomic mass is 35.5. The summed E-state index contributed by atoms with van der Waals surface area (Å²) in [5.41, 5.74) is 0.619. The lowest BCUT2D eigenvalue weighted by Gasteiger charge is -2.02. The summed E-state index contributed by atoms with van der Waals surface area (Å²) in [6, 6.07) is 0. The van der Waals surface area contributed by atoms with E-state index < -0.39 is 0 Å². The molecule has 0 aliphatic carbocycles. The second kappa shape index (κ2) is 6.45. The largest absolute Gasteiger partial charge is 0.438 e. The Balaban J connectivity index is 2.22. The third kappa shape index (κ3) is 3.91. The summed E-state index contributed by atoms with van der Waals surface area (Å²) < 4.78 is 4.96. The molecule has 5 heteroatoms. The molecule has 0 spiro atoms. The molecule has 0 bridgehead atoms. The van der Waals surface area contributed by atoms with Crippen molar-refractivity contribution in [1.29, 1.82) is 0 Å². The summed E-state index contributed by atoms with van der Waals surface area (Å²) in [4.78, 5) is 15.3. The Hall–Kier alpha value is -1.03. The fourth-order valence-electron chi connectivity index (χ4n) is 1.20. The first-order chi connectivity index (χ1) is 7.25. The van der Waals surface area contributed by atoms with Crippen LogP contribution in [0.25, 0.3) is 0 Å². The number of nitrogens with one attached hydrogen (secondary N) is 1. The van der Waals surface area contributed by atoms with Gasteiger partial charge < -0.3 is 9.73 Å². The van der Waals surface area contributed by atoms with Gasteiger partial charge in [0.05, 0.1) is 5.69 Å². The SMILES string of the molecule is Cc1ncoc1C(=O)NCCCCCCl. The van der Waals surface area contributed by atoms with Crippen LogP contribution in [0.1, 0.15) is 35.5 Å². The van der Waals surface area contributed by atoms with Crippen molar-refractivity contribution in [3.63, 3.8) is 0 Å². The number of aryl methyl sites for hydroxylation is 1. The van der Waals surface area contributed by atoms with Crippen LogP contribution in [0, 0.1) is 6.92 Å². The number of hydrogen-bond donors (Lipinski definition) is 1. The molecule has 0 aliphatic heterocycles. The van der Waals surface area contributed by atoms with Crippen molar-refractivity contribution in [3.05, 3.63) is 17.8 Å². The van der Waals surface area contributed by atoms with E-state index in [1.807, 2.05) is 0 Å². The van der Waals surface area contributed by atoms with Gasteiger partial charge in [0.15, 0.2) is 6.39 Å². The van der Waals surface area contributed by atoms with Crippen molar-refractivity contribution >= 4 is 17.5 Å². The number of nitrogens with zero attached hydrogens (tertiary/aromatic N) is 1. The molecular weight excluding hydrogens is 216 g/mol. The van der Waals surface area contributed by atoms with Gasteiger partial charge in [0, 0.05) is 12.4 Å². The fourth-order valence-corrected chi connectivity index (χ4v) is 1.39. The molecule has 0 atom stereocenters. The molecule has 1 aromatic rings. The van der Waals surface area contributed by atoms with E-state index in [0.717, 1.165) is 19.3 Å². The van der Waals surface area contributed by atoms with Gasteiger partial charge in [-0.05, 0) is 19.8 Å². The van der Waals surface area contributed by atoms with E-state index >= 15 is 0 Å². The molecule has 0 radical (unpaired) electrons. The number of halogens is 1. The van der Waals surface area contributed by atoms with Crippen molar-refractivity contribution in [3.8, 4) is 0 Å². The first-order valence-corrected chi connectivity index (χ1v) is 5.53. The van der Waals surface area contributed by atoms with E-state index in [-0.39, 0.29) is 5.91 Å². The lowest BCUT2D eigenvalue weighted by molar-refractivity contribution is 0.0924. The number of unbranched alkanes of at least 4 members (excludes halogenated alkanes) is 2. The highest BCUT2D eigenvalue weighted by molar-refractivity contribution is 6.17. The van der Waals surface area contributed by atoms with Gasteiger partial charge in [0.25, 0.3) is 5.91 Å². The van der Waals surface area contributed by atoms with Crippen LogP contribution >= 0.6 is 11.6 Å². The van der Waals surface area contributed by atoms with Gasteiger partial charge in [-0.25, -0.2) is 4.98 Å². The van der Waals surface area contributed by atoms with Gasteiger partial charge in [0.2, 0.25) is 5.76 Å². The van der Waals surface area contributed by atoms with Crippen LogP contribution in [0.5, 0.6) is 0 Å². The van der Waals surface area contributed by atoms with E-state index in [0.29, 0.717) is 23.9 Å². The van der Waals surface area contributed by atoms with Crippen LogP contribution in [-0.2, 0) is 0 Å². The Labute approximate surface area is 94.0 Å². The molecule has 0 aliphatic rings. The predicted molar refractivity (Wildman–Crippen MR) is 58.1 cm³/mol. The zero-order valence-electron chi connectivity index (χ0n) is 8.75. The van der Waals surface area contributed by atoms with Crippen molar-refractivity contribution in [1.82, 2.24) is 10.3 Å². The molecule has 1 amide bonds. The number of oxazole rings is 1. The van der Waals surface area contributed by atoms with Crippen LogP contribution < -0.4 is 5.32 Å². The minimum atomic E-state index is -0.198.